The smallest absolute Gasteiger partial charge is 0.278 e. The molecule has 1 aromatic heterocycles. The molecule has 0 radical (unpaired) electrons. The number of benzene rings is 2. The number of nitrogens with one attached hydrogen (secondary N) is 1. The topological polar surface area (TPSA) is 67.6 Å². The van der Waals surface area contributed by atoms with Crippen LogP contribution in [0.25, 0.3) is 11.3 Å². The Morgan fingerprint density at radius 2 is 1.93 bits per heavy atom. The molecule has 2 aromatic carbocycles. The Bertz CT molecular complexity index is 944. The summed E-state index contributed by atoms with van der Waals surface area (Å²) in [7, 11) is 0. The summed E-state index contributed by atoms with van der Waals surface area (Å²) in [5, 5.41) is 2.90. The molecule has 6 heteroatoms. The molecule has 0 bridgehead atoms. The van der Waals surface area contributed by atoms with Crippen molar-refractivity contribution in [3.63, 3.8) is 0 Å². The first-order valence-corrected chi connectivity index (χ1v) is 9.40. The van der Waals surface area contributed by atoms with Crippen LogP contribution in [0.3, 0.4) is 0 Å². The molecule has 1 saturated heterocycles. The molecule has 1 N–H and O–H groups in total. The van der Waals surface area contributed by atoms with Crippen LogP contribution in [0.1, 0.15) is 21.6 Å². The van der Waals surface area contributed by atoms with Crippen LogP contribution in [0, 0.1) is 6.92 Å². The zero-order valence-corrected chi connectivity index (χ0v) is 15.9. The number of ether oxygens (including phenoxy) is 1. The minimum atomic E-state index is -0.286. The molecule has 3 aromatic rings. The van der Waals surface area contributed by atoms with E-state index >= 15 is 0 Å². The van der Waals surface area contributed by atoms with Gasteiger partial charge in [0.05, 0.1) is 13.2 Å². The van der Waals surface area contributed by atoms with E-state index in [4.69, 9.17) is 9.15 Å². The molecule has 1 aliphatic heterocycles. The quantitative estimate of drug-likeness (QED) is 0.734. The fourth-order valence-electron chi connectivity index (χ4n) is 3.30. The van der Waals surface area contributed by atoms with E-state index in [-0.39, 0.29) is 11.6 Å². The average Bonchev–Trinajstić information content (AvgIpc) is 3.20. The molecule has 0 saturated carbocycles. The van der Waals surface area contributed by atoms with E-state index in [9.17, 15) is 4.79 Å². The van der Waals surface area contributed by atoms with Crippen molar-refractivity contribution < 1.29 is 13.9 Å². The number of amides is 1. The van der Waals surface area contributed by atoms with Gasteiger partial charge in [0, 0.05) is 30.9 Å². The standard InChI is InChI=1S/C22H23N3O3/c1-16-3-2-4-18(13-16)21-20(23-15-28-21)22(26)24-19-7-5-17(6-8-19)14-25-9-11-27-12-10-25/h2-8,13,15H,9-12,14H2,1H3,(H,24,26). The van der Waals surface area contributed by atoms with Crippen molar-refractivity contribution in [3.05, 3.63) is 71.7 Å². The fourth-order valence-corrected chi connectivity index (χ4v) is 3.30. The summed E-state index contributed by atoms with van der Waals surface area (Å²) in [5.41, 5.74) is 4.15. The molecule has 28 heavy (non-hydrogen) atoms. The highest BCUT2D eigenvalue weighted by atomic mass is 16.5. The predicted molar refractivity (Wildman–Crippen MR) is 107 cm³/mol. The van der Waals surface area contributed by atoms with Gasteiger partial charge in [0.25, 0.3) is 5.91 Å². The Morgan fingerprint density at radius 3 is 2.68 bits per heavy atom. The highest BCUT2D eigenvalue weighted by Crippen LogP contribution is 2.25. The normalized spacial score (nSPS) is 14.8. The van der Waals surface area contributed by atoms with Crippen molar-refractivity contribution in [3.8, 4) is 11.3 Å². The van der Waals surface area contributed by atoms with Crippen molar-refractivity contribution >= 4 is 11.6 Å². The summed E-state index contributed by atoms with van der Waals surface area (Å²) in [6.45, 7) is 6.36. The van der Waals surface area contributed by atoms with Crippen molar-refractivity contribution in [2.75, 3.05) is 31.6 Å². The number of morpholine rings is 1. The first kappa shape index (κ1) is 18.4. The van der Waals surface area contributed by atoms with E-state index in [1.54, 1.807) is 0 Å². The van der Waals surface area contributed by atoms with Crippen LogP contribution in [-0.2, 0) is 11.3 Å². The molecule has 0 atom stereocenters. The maximum Gasteiger partial charge on any atom is 0.278 e. The van der Waals surface area contributed by atoms with Crippen LogP contribution in [0.2, 0.25) is 0 Å². The second-order valence-electron chi connectivity index (χ2n) is 6.94. The van der Waals surface area contributed by atoms with Gasteiger partial charge < -0.3 is 14.5 Å². The maximum absolute atomic E-state index is 12.7. The second kappa shape index (κ2) is 8.37. The van der Waals surface area contributed by atoms with Gasteiger partial charge in [0.2, 0.25) is 0 Å². The van der Waals surface area contributed by atoms with Gasteiger partial charge in [-0.2, -0.15) is 0 Å². The molecule has 4 rings (SSSR count). The number of hydrogen-bond acceptors (Lipinski definition) is 5. The van der Waals surface area contributed by atoms with Gasteiger partial charge in [0.1, 0.15) is 0 Å². The largest absolute Gasteiger partial charge is 0.443 e. The third-order valence-electron chi connectivity index (χ3n) is 4.78. The number of carbonyl (C=O) groups is 1. The van der Waals surface area contributed by atoms with E-state index in [2.05, 4.69) is 15.2 Å². The molecule has 2 heterocycles. The Morgan fingerprint density at radius 1 is 1.14 bits per heavy atom. The van der Waals surface area contributed by atoms with Gasteiger partial charge in [-0.1, -0.05) is 35.9 Å². The number of hydrogen-bond donors (Lipinski definition) is 1. The van der Waals surface area contributed by atoms with E-state index < -0.39 is 0 Å². The highest BCUT2D eigenvalue weighted by molar-refractivity contribution is 6.06. The summed E-state index contributed by atoms with van der Waals surface area (Å²) in [5.74, 6) is 0.191. The summed E-state index contributed by atoms with van der Waals surface area (Å²) in [6.07, 6.45) is 1.30. The zero-order chi connectivity index (χ0) is 19.3. The van der Waals surface area contributed by atoms with E-state index in [0.717, 1.165) is 49.7 Å². The summed E-state index contributed by atoms with van der Waals surface area (Å²) >= 11 is 0. The molecule has 1 fully saturated rings. The number of carbonyl (C=O) groups excluding carboxylic acids is 1. The van der Waals surface area contributed by atoms with Crippen LogP contribution in [0.5, 0.6) is 0 Å². The number of oxazole rings is 1. The molecular weight excluding hydrogens is 354 g/mol. The lowest BCUT2D eigenvalue weighted by molar-refractivity contribution is 0.0342. The summed E-state index contributed by atoms with van der Waals surface area (Å²) in [6, 6.07) is 15.7. The van der Waals surface area contributed by atoms with Gasteiger partial charge >= 0.3 is 0 Å². The maximum atomic E-state index is 12.7. The SMILES string of the molecule is Cc1cccc(-c2ocnc2C(=O)Nc2ccc(CN3CCOCC3)cc2)c1. The number of aromatic nitrogens is 1. The number of aryl methyl sites for hydroxylation is 1. The molecular formula is C22H23N3O3. The molecule has 0 spiro atoms. The average molecular weight is 377 g/mol. The third-order valence-corrected chi connectivity index (χ3v) is 4.78. The number of rotatable bonds is 5. The minimum Gasteiger partial charge on any atom is -0.443 e. The van der Waals surface area contributed by atoms with Crippen LogP contribution in [-0.4, -0.2) is 42.1 Å². The Labute approximate surface area is 164 Å². The van der Waals surface area contributed by atoms with Gasteiger partial charge in [-0.3, -0.25) is 9.69 Å². The van der Waals surface area contributed by atoms with E-state index in [0.29, 0.717) is 5.76 Å². The monoisotopic (exact) mass is 377 g/mol. The van der Waals surface area contributed by atoms with Crippen molar-refractivity contribution in [2.24, 2.45) is 0 Å². The first-order valence-electron chi connectivity index (χ1n) is 9.40. The zero-order valence-electron chi connectivity index (χ0n) is 15.9. The Kier molecular flexibility index (Phi) is 5.50. The van der Waals surface area contributed by atoms with Crippen molar-refractivity contribution in [1.29, 1.82) is 0 Å². The molecule has 144 valence electrons. The van der Waals surface area contributed by atoms with Crippen molar-refractivity contribution in [2.45, 2.75) is 13.5 Å². The summed E-state index contributed by atoms with van der Waals surface area (Å²) < 4.78 is 10.9. The van der Waals surface area contributed by atoms with Gasteiger partial charge in [-0.05, 0) is 30.7 Å². The molecule has 6 nitrogen and oxygen atoms in total. The molecule has 1 aliphatic rings. The lowest BCUT2D eigenvalue weighted by Gasteiger charge is -2.26. The highest BCUT2D eigenvalue weighted by Gasteiger charge is 2.18. The van der Waals surface area contributed by atoms with Gasteiger partial charge in [-0.15, -0.1) is 0 Å². The minimum absolute atomic E-state index is 0.281. The molecule has 1 amide bonds. The van der Waals surface area contributed by atoms with Gasteiger partial charge in [0.15, 0.2) is 17.8 Å². The third kappa shape index (κ3) is 4.30. The Hall–Kier alpha value is -2.96. The van der Waals surface area contributed by atoms with Crippen molar-refractivity contribution in [1.82, 2.24) is 9.88 Å². The first-order chi connectivity index (χ1) is 13.7. The summed E-state index contributed by atoms with van der Waals surface area (Å²) in [4.78, 5) is 19.2. The molecule has 0 aliphatic carbocycles. The lowest BCUT2D eigenvalue weighted by Crippen LogP contribution is -2.35. The van der Waals surface area contributed by atoms with Crippen LogP contribution in [0.4, 0.5) is 5.69 Å². The molecule has 0 unspecified atom stereocenters. The van der Waals surface area contributed by atoms with E-state index in [1.807, 2.05) is 55.5 Å². The predicted octanol–water partition coefficient (Wildman–Crippen LogP) is 3.73. The van der Waals surface area contributed by atoms with Crippen LogP contribution >= 0.6 is 0 Å². The van der Waals surface area contributed by atoms with Crippen LogP contribution in [0.15, 0.2) is 59.3 Å². The lowest BCUT2D eigenvalue weighted by atomic mass is 10.1. The number of nitrogens with zero attached hydrogens (tertiary/aromatic N) is 2. The second-order valence-corrected chi connectivity index (χ2v) is 6.94. The van der Waals surface area contributed by atoms with E-state index in [1.165, 1.54) is 12.0 Å². The van der Waals surface area contributed by atoms with Gasteiger partial charge in [-0.25, -0.2) is 4.98 Å². The van der Waals surface area contributed by atoms with Crippen LogP contribution < -0.4 is 5.32 Å². The Balaban J connectivity index is 1.43. The fraction of sp³-hybridized carbons (Fsp3) is 0.273. The number of anilines is 1.